The van der Waals surface area contributed by atoms with Gasteiger partial charge in [-0.2, -0.15) is 8.42 Å². The minimum atomic E-state index is -4.74. The first kappa shape index (κ1) is 28.9. The van der Waals surface area contributed by atoms with Crippen molar-refractivity contribution in [3.63, 3.8) is 0 Å². The van der Waals surface area contributed by atoms with Gasteiger partial charge in [0.25, 0.3) is 10.1 Å². The maximum atomic E-state index is 12.4. The summed E-state index contributed by atoms with van der Waals surface area (Å²) in [4.78, 5) is 0. The van der Waals surface area contributed by atoms with Crippen LogP contribution in [0.1, 0.15) is 41.5 Å². The van der Waals surface area contributed by atoms with Crippen molar-refractivity contribution in [1.29, 1.82) is 0 Å². The van der Waals surface area contributed by atoms with Crippen LogP contribution in [0.4, 0.5) is 0 Å². The van der Waals surface area contributed by atoms with Crippen LogP contribution >= 0.6 is 0 Å². The fourth-order valence-electron chi connectivity index (χ4n) is 2.49. The van der Waals surface area contributed by atoms with Gasteiger partial charge in [-0.1, -0.05) is 0 Å². The van der Waals surface area contributed by atoms with E-state index in [4.69, 9.17) is 26.6 Å². The molecule has 9 nitrogen and oxygen atoms in total. The van der Waals surface area contributed by atoms with Gasteiger partial charge in [0.15, 0.2) is 0 Å². The molecule has 0 bridgehead atoms. The second kappa shape index (κ2) is 13.8. The standard InChI is InChI=1S/C13H32O9SSi2.Li/c1-7-17-24(18-8-2,19-9-3)13(23(14,15)16)25(20-10-4,21-11-5)22-12-6;/h13H,7-12H2,1-6H3,(H,14,15,16);/q;+1. The Morgan fingerprint density at radius 3 is 0.962 bits per heavy atom. The van der Waals surface area contributed by atoms with Gasteiger partial charge in [0.1, 0.15) is 0 Å². The zero-order chi connectivity index (χ0) is 19.6. The summed E-state index contributed by atoms with van der Waals surface area (Å²) in [5, 5.41) is 0. The van der Waals surface area contributed by atoms with Crippen molar-refractivity contribution in [1.82, 2.24) is 0 Å². The van der Waals surface area contributed by atoms with Crippen molar-refractivity contribution in [2.45, 2.75) is 46.0 Å². The molecule has 0 fully saturated rings. The Kier molecular flexibility index (Phi) is 15.4. The largest absolute Gasteiger partial charge is 1.00 e. The molecule has 0 spiro atoms. The Balaban J connectivity index is 0. The Morgan fingerprint density at radius 1 is 0.654 bits per heavy atom. The minimum absolute atomic E-state index is 0. The van der Waals surface area contributed by atoms with Crippen LogP contribution in [0.3, 0.4) is 0 Å². The van der Waals surface area contributed by atoms with Crippen LogP contribution < -0.4 is 18.9 Å². The van der Waals surface area contributed by atoms with Crippen molar-refractivity contribution in [3.05, 3.63) is 0 Å². The van der Waals surface area contributed by atoms with Gasteiger partial charge >= 0.3 is 36.5 Å². The van der Waals surface area contributed by atoms with E-state index in [0.29, 0.717) is 0 Å². The molecular weight excluding hydrogens is 395 g/mol. The molecule has 0 atom stereocenters. The molecule has 0 aromatic carbocycles. The molecule has 0 aromatic rings. The summed E-state index contributed by atoms with van der Waals surface area (Å²) in [6.45, 7) is 10.9. The number of hydrogen-bond acceptors (Lipinski definition) is 8. The molecule has 152 valence electrons. The molecule has 1 N–H and O–H groups in total. The number of rotatable bonds is 15. The Labute approximate surface area is 171 Å². The average molecular weight is 428 g/mol. The van der Waals surface area contributed by atoms with Crippen LogP contribution in [0.25, 0.3) is 0 Å². The van der Waals surface area contributed by atoms with Crippen molar-refractivity contribution in [2.24, 2.45) is 0 Å². The van der Waals surface area contributed by atoms with E-state index in [-0.39, 0.29) is 58.5 Å². The van der Waals surface area contributed by atoms with Gasteiger partial charge in [0.05, 0.1) is 0 Å². The summed E-state index contributed by atoms with van der Waals surface area (Å²) < 4.78 is 67.4. The predicted octanol–water partition coefficient (Wildman–Crippen LogP) is -1.58. The maximum Gasteiger partial charge on any atom is 1.00 e. The van der Waals surface area contributed by atoms with E-state index in [1.54, 1.807) is 41.5 Å². The maximum absolute atomic E-state index is 12.4. The van der Waals surface area contributed by atoms with Crippen molar-refractivity contribution < 1.29 is 58.4 Å². The third kappa shape index (κ3) is 7.61. The molecule has 0 saturated carbocycles. The van der Waals surface area contributed by atoms with E-state index >= 15 is 0 Å². The Bertz CT molecular complexity index is 406. The van der Waals surface area contributed by atoms with Gasteiger partial charge in [0, 0.05) is 39.6 Å². The summed E-state index contributed by atoms with van der Waals surface area (Å²) >= 11 is 0. The van der Waals surface area contributed by atoms with E-state index in [0.717, 1.165) is 0 Å². The van der Waals surface area contributed by atoms with Gasteiger partial charge < -0.3 is 26.6 Å². The third-order valence-corrected chi connectivity index (χ3v) is 14.7. The second-order valence-electron chi connectivity index (χ2n) is 4.70. The monoisotopic (exact) mass is 427 g/mol. The van der Waals surface area contributed by atoms with E-state index in [1.165, 1.54) is 0 Å². The first-order valence-electron chi connectivity index (χ1n) is 8.53. The fourth-order valence-corrected chi connectivity index (χ4v) is 13.7. The molecule has 0 heterocycles. The van der Waals surface area contributed by atoms with Gasteiger partial charge in [0.2, 0.25) is 4.50 Å². The summed E-state index contributed by atoms with van der Waals surface area (Å²) in [6, 6.07) is 0. The van der Waals surface area contributed by atoms with E-state index in [9.17, 15) is 13.0 Å². The first-order valence-corrected chi connectivity index (χ1v) is 13.6. The average Bonchev–Trinajstić information content (AvgIpc) is 2.47. The predicted molar refractivity (Wildman–Crippen MR) is 96.6 cm³/mol. The van der Waals surface area contributed by atoms with E-state index in [1.807, 2.05) is 0 Å². The molecule has 0 amide bonds. The molecule has 0 rings (SSSR count). The van der Waals surface area contributed by atoms with Crippen LogP contribution in [-0.2, 0) is 36.7 Å². The van der Waals surface area contributed by atoms with E-state index in [2.05, 4.69) is 0 Å². The molecule has 0 saturated heterocycles. The first-order chi connectivity index (χ1) is 11.7. The van der Waals surface area contributed by atoms with Crippen LogP contribution in [0.15, 0.2) is 0 Å². The van der Waals surface area contributed by atoms with Gasteiger partial charge in [-0.25, -0.2) is 0 Å². The minimum Gasteiger partial charge on any atom is -0.373 e. The SMILES string of the molecule is CCO[Si](OCC)(OCC)C([Si](OCC)(OCC)OCC)S(=O)(=O)O.[Li+]. The van der Waals surface area contributed by atoms with Gasteiger partial charge in [-0.3, -0.25) is 4.55 Å². The third-order valence-electron chi connectivity index (χ3n) is 3.01. The van der Waals surface area contributed by atoms with Crippen molar-refractivity contribution >= 4 is 27.7 Å². The zero-order valence-corrected chi connectivity index (χ0v) is 19.8. The smallest absolute Gasteiger partial charge is 0.373 e. The fraction of sp³-hybridized carbons (Fsp3) is 1.00. The van der Waals surface area contributed by atoms with Crippen molar-refractivity contribution in [3.8, 4) is 0 Å². The molecule has 26 heavy (non-hydrogen) atoms. The van der Waals surface area contributed by atoms with Crippen LogP contribution in [0.2, 0.25) is 0 Å². The molecule has 0 aliphatic carbocycles. The van der Waals surface area contributed by atoms with Crippen LogP contribution in [0.5, 0.6) is 0 Å². The molecule has 0 aliphatic rings. The quantitative estimate of drug-likeness (QED) is 0.245. The molecule has 0 unspecified atom stereocenters. The van der Waals surface area contributed by atoms with Crippen molar-refractivity contribution in [2.75, 3.05) is 39.6 Å². The molecular formula is C13H32LiO9SSi2+. The van der Waals surface area contributed by atoms with Gasteiger partial charge in [-0.15, -0.1) is 0 Å². The Morgan fingerprint density at radius 2 is 0.846 bits per heavy atom. The Hall–Kier alpha value is 0.701. The zero-order valence-electron chi connectivity index (χ0n) is 16.9. The molecule has 0 radical (unpaired) electrons. The van der Waals surface area contributed by atoms with E-state index < -0.39 is 32.2 Å². The summed E-state index contributed by atoms with van der Waals surface area (Å²) in [6.07, 6.45) is 0. The second-order valence-corrected chi connectivity index (χ2v) is 12.9. The molecule has 13 heteroatoms. The summed E-state index contributed by atoms with van der Waals surface area (Å²) in [5.41, 5.74) is 0. The summed E-state index contributed by atoms with van der Waals surface area (Å²) in [7, 11) is -12.7. The summed E-state index contributed by atoms with van der Waals surface area (Å²) in [5.74, 6) is 0. The van der Waals surface area contributed by atoms with Gasteiger partial charge in [-0.05, 0) is 41.5 Å². The molecule has 0 aliphatic heterocycles. The normalized spacial score (nSPS) is 13.1. The molecule has 0 aromatic heterocycles. The topological polar surface area (TPSA) is 110 Å². The van der Waals surface area contributed by atoms with Crippen LogP contribution in [0, 0.1) is 0 Å². The van der Waals surface area contributed by atoms with Crippen LogP contribution in [-0.4, -0.2) is 74.7 Å². The number of hydrogen-bond donors (Lipinski definition) is 1.